The molecule has 92 valence electrons. The molecule has 0 spiro atoms. The largest absolute Gasteiger partial charge is 0.469 e. The summed E-state index contributed by atoms with van der Waals surface area (Å²) in [6.45, 7) is -2.82. The number of methoxy groups -OCH3 is 1. The van der Waals surface area contributed by atoms with Gasteiger partial charge in [-0.2, -0.15) is 8.78 Å². The van der Waals surface area contributed by atoms with Gasteiger partial charge in [-0.25, -0.2) is 0 Å². The van der Waals surface area contributed by atoms with E-state index in [0.29, 0.717) is 0 Å². The van der Waals surface area contributed by atoms with Gasteiger partial charge in [0.1, 0.15) is 5.75 Å². The maximum Gasteiger partial charge on any atom is 0.387 e. The second kappa shape index (κ2) is 6.62. The molecule has 1 rings (SSSR count). The fourth-order valence-electron chi connectivity index (χ4n) is 1.13. The third-order valence-electron chi connectivity index (χ3n) is 1.93. The van der Waals surface area contributed by atoms with Crippen LogP contribution in [0.15, 0.2) is 30.3 Å². The monoisotopic (exact) mass is 242 g/mol. The lowest BCUT2D eigenvalue weighted by atomic mass is 10.2. The average molecular weight is 242 g/mol. The van der Waals surface area contributed by atoms with E-state index in [4.69, 9.17) is 0 Å². The summed E-state index contributed by atoms with van der Waals surface area (Å²) in [6, 6.07) is 6.10. The van der Waals surface area contributed by atoms with Crippen LogP contribution in [0.4, 0.5) is 8.78 Å². The highest BCUT2D eigenvalue weighted by Gasteiger charge is 2.02. The van der Waals surface area contributed by atoms with Crippen LogP contribution in [0.5, 0.6) is 5.75 Å². The van der Waals surface area contributed by atoms with Crippen molar-refractivity contribution in [2.75, 3.05) is 7.11 Å². The quantitative estimate of drug-likeness (QED) is 0.745. The van der Waals surface area contributed by atoms with Crippen LogP contribution in [-0.4, -0.2) is 19.7 Å². The van der Waals surface area contributed by atoms with Gasteiger partial charge in [0.05, 0.1) is 13.5 Å². The number of hydrogen-bond donors (Lipinski definition) is 0. The molecule has 0 atom stereocenters. The average Bonchev–Trinajstić information content (AvgIpc) is 2.30. The summed E-state index contributed by atoms with van der Waals surface area (Å²) in [5.41, 5.74) is 0.788. The number of hydrogen-bond acceptors (Lipinski definition) is 3. The lowest BCUT2D eigenvalue weighted by Crippen LogP contribution is -2.01. The predicted octanol–water partition coefficient (Wildman–Crippen LogP) is 2.86. The second-order valence-electron chi connectivity index (χ2n) is 3.13. The summed E-state index contributed by atoms with van der Waals surface area (Å²) in [5.74, 6) is -0.232. The van der Waals surface area contributed by atoms with Crippen molar-refractivity contribution in [2.24, 2.45) is 0 Å². The first-order chi connectivity index (χ1) is 8.11. The van der Waals surface area contributed by atoms with Gasteiger partial charge in [0, 0.05) is 0 Å². The Morgan fingerprint density at radius 2 is 2.00 bits per heavy atom. The second-order valence-corrected chi connectivity index (χ2v) is 3.13. The number of halogens is 2. The fourth-order valence-corrected chi connectivity index (χ4v) is 1.13. The molecule has 0 aliphatic heterocycles. The van der Waals surface area contributed by atoms with Gasteiger partial charge in [-0.05, 0) is 17.7 Å². The minimum Gasteiger partial charge on any atom is -0.469 e. The van der Waals surface area contributed by atoms with Crippen LogP contribution >= 0.6 is 0 Å². The van der Waals surface area contributed by atoms with E-state index in [-0.39, 0.29) is 18.1 Å². The summed E-state index contributed by atoms with van der Waals surface area (Å²) in [4.78, 5) is 10.8. The topological polar surface area (TPSA) is 35.5 Å². The van der Waals surface area contributed by atoms with E-state index in [2.05, 4.69) is 9.47 Å². The van der Waals surface area contributed by atoms with Crippen molar-refractivity contribution in [3.8, 4) is 5.75 Å². The molecule has 0 aromatic heterocycles. The molecule has 0 fully saturated rings. The van der Waals surface area contributed by atoms with E-state index in [1.807, 2.05) is 0 Å². The Labute approximate surface area is 97.7 Å². The van der Waals surface area contributed by atoms with Crippen LogP contribution in [-0.2, 0) is 9.53 Å². The minimum atomic E-state index is -2.82. The molecule has 0 heterocycles. The smallest absolute Gasteiger partial charge is 0.387 e. The molecule has 0 amide bonds. The zero-order chi connectivity index (χ0) is 12.7. The molecule has 3 nitrogen and oxygen atoms in total. The zero-order valence-electron chi connectivity index (χ0n) is 9.23. The summed E-state index contributed by atoms with van der Waals surface area (Å²) in [7, 11) is 1.31. The molecule has 0 saturated carbocycles. The number of carbonyl (C=O) groups is 1. The van der Waals surface area contributed by atoms with Gasteiger partial charge in [-0.1, -0.05) is 24.3 Å². The number of carbonyl (C=O) groups excluding carboxylic acids is 1. The molecular weight excluding hydrogens is 230 g/mol. The molecule has 5 heteroatoms. The first-order valence-electron chi connectivity index (χ1n) is 4.90. The highest BCUT2D eigenvalue weighted by molar-refractivity contribution is 5.72. The Bertz CT molecular complexity index is 385. The van der Waals surface area contributed by atoms with Gasteiger partial charge in [-0.15, -0.1) is 0 Å². The van der Waals surface area contributed by atoms with Crippen LogP contribution in [0.25, 0.3) is 6.08 Å². The third-order valence-corrected chi connectivity index (χ3v) is 1.93. The summed E-state index contributed by atoms with van der Waals surface area (Å²) in [5, 5.41) is 0. The van der Waals surface area contributed by atoms with E-state index in [1.54, 1.807) is 24.3 Å². The number of esters is 1. The maximum absolute atomic E-state index is 11.9. The van der Waals surface area contributed by atoms with E-state index in [9.17, 15) is 13.6 Å². The molecule has 1 aromatic carbocycles. The highest BCUT2D eigenvalue weighted by atomic mass is 19.3. The Morgan fingerprint density at radius 3 is 2.53 bits per heavy atom. The van der Waals surface area contributed by atoms with E-state index in [1.165, 1.54) is 19.2 Å². The van der Waals surface area contributed by atoms with Crippen LogP contribution in [0, 0.1) is 0 Å². The van der Waals surface area contributed by atoms with Crippen molar-refractivity contribution in [2.45, 2.75) is 13.0 Å². The summed E-state index contributed by atoms with van der Waals surface area (Å²) in [6.07, 6.45) is 3.50. The van der Waals surface area contributed by atoms with E-state index < -0.39 is 6.61 Å². The molecule has 17 heavy (non-hydrogen) atoms. The van der Waals surface area contributed by atoms with Crippen LogP contribution in [0.3, 0.4) is 0 Å². The van der Waals surface area contributed by atoms with E-state index >= 15 is 0 Å². The predicted molar refractivity (Wildman–Crippen MR) is 58.7 cm³/mol. The number of alkyl halides is 2. The van der Waals surface area contributed by atoms with E-state index in [0.717, 1.165) is 5.56 Å². The summed E-state index contributed by atoms with van der Waals surface area (Å²) >= 11 is 0. The summed E-state index contributed by atoms with van der Waals surface area (Å²) < 4.78 is 32.4. The molecule has 0 aliphatic carbocycles. The molecular formula is C12H12F2O3. The Balaban J connectivity index is 2.53. The fraction of sp³-hybridized carbons (Fsp3) is 0.250. The molecule has 0 aliphatic rings. The Morgan fingerprint density at radius 1 is 1.35 bits per heavy atom. The number of ether oxygens (including phenoxy) is 2. The van der Waals surface area contributed by atoms with Gasteiger partial charge in [-0.3, -0.25) is 4.79 Å². The van der Waals surface area contributed by atoms with Crippen molar-refractivity contribution in [3.05, 3.63) is 35.9 Å². The van der Waals surface area contributed by atoms with Gasteiger partial charge in [0.15, 0.2) is 0 Å². The molecule has 1 aromatic rings. The number of benzene rings is 1. The van der Waals surface area contributed by atoms with Gasteiger partial charge in [0.2, 0.25) is 0 Å². The zero-order valence-corrected chi connectivity index (χ0v) is 9.23. The molecule has 0 bridgehead atoms. The van der Waals surface area contributed by atoms with Crippen molar-refractivity contribution in [3.63, 3.8) is 0 Å². The third kappa shape index (κ3) is 5.10. The van der Waals surface area contributed by atoms with Gasteiger partial charge >= 0.3 is 12.6 Å². The Hall–Kier alpha value is -1.91. The van der Waals surface area contributed by atoms with Crippen LogP contribution in [0.1, 0.15) is 12.0 Å². The van der Waals surface area contributed by atoms with Crippen molar-refractivity contribution in [1.29, 1.82) is 0 Å². The molecule has 0 radical (unpaired) electrons. The standard InChI is InChI=1S/C12H12F2O3/c1-16-11(15)4-2-3-9-5-7-10(8-6-9)17-12(13)14/h2-3,5-8,12H,4H2,1H3. The van der Waals surface area contributed by atoms with Crippen molar-refractivity contribution in [1.82, 2.24) is 0 Å². The van der Waals surface area contributed by atoms with Gasteiger partial charge in [0.25, 0.3) is 0 Å². The van der Waals surface area contributed by atoms with Crippen LogP contribution < -0.4 is 4.74 Å². The highest BCUT2D eigenvalue weighted by Crippen LogP contribution is 2.15. The number of rotatable bonds is 5. The molecule has 0 saturated heterocycles. The SMILES string of the molecule is COC(=O)CC=Cc1ccc(OC(F)F)cc1. The first-order valence-corrected chi connectivity index (χ1v) is 4.90. The maximum atomic E-state index is 11.9. The lowest BCUT2D eigenvalue weighted by Gasteiger charge is -2.03. The molecule has 0 N–H and O–H groups in total. The minimum absolute atomic E-state index is 0.102. The normalized spacial score (nSPS) is 10.8. The Kier molecular flexibility index (Phi) is 5.13. The lowest BCUT2D eigenvalue weighted by molar-refractivity contribution is -0.139. The van der Waals surface area contributed by atoms with Gasteiger partial charge < -0.3 is 9.47 Å². The van der Waals surface area contributed by atoms with Crippen molar-refractivity contribution < 1.29 is 23.0 Å². The van der Waals surface area contributed by atoms with Crippen LogP contribution in [0.2, 0.25) is 0 Å². The first kappa shape index (κ1) is 13.2. The van der Waals surface area contributed by atoms with Crippen molar-refractivity contribution >= 4 is 12.0 Å². The molecule has 0 unspecified atom stereocenters.